The second-order valence-corrected chi connectivity index (χ2v) is 3.76. The molecular weight excluding hydrogens is 258 g/mol. The third-order valence-electron chi connectivity index (χ3n) is 2.36. The average molecular weight is 270 g/mol. The summed E-state index contributed by atoms with van der Waals surface area (Å²) in [5.74, 6) is -0.406. The Hall–Kier alpha value is -2.22. The average Bonchev–Trinajstić information content (AvgIpc) is 2.79. The predicted octanol–water partition coefficient (Wildman–Crippen LogP) is 1.61. The lowest BCUT2D eigenvalue weighted by Gasteiger charge is -2.05. The first-order valence-electron chi connectivity index (χ1n) is 5.53. The van der Waals surface area contributed by atoms with Crippen molar-refractivity contribution < 1.29 is 18.7 Å². The van der Waals surface area contributed by atoms with Gasteiger partial charge in [-0.25, -0.2) is 18.6 Å². The zero-order valence-electron chi connectivity index (χ0n) is 9.78. The van der Waals surface area contributed by atoms with Crippen LogP contribution in [-0.4, -0.2) is 34.3 Å². The van der Waals surface area contributed by atoms with Gasteiger partial charge in [-0.2, -0.15) is 0 Å². The molecule has 1 heterocycles. The SMILES string of the molecule is O=C(NCCO)Nc1ccc2nc(C(F)F)[nH]c2c1. The number of alkyl halides is 2. The van der Waals surface area contributed by atoms with Crippen molar-refractivity contribution in [3.05, 3.63) is 24.0 Å². The van der Waals surface area contributed by atoms with Crippen LogP contribution in [0.2, 0.25) is 0 Å². The number of aliphatic hydroxyl groups excluding tert-OH is 1. The third-order valence-corrected chi connectivity index (χ3v) is 2.36. The van der Waals surface area contributed by atoms with Crippen molar-refractivity contribution in [2.24, 2.45) is 0 Å². The topological polar surface area (TPSA) is 90.0 Å². The van der Waals surface area contributed by atoms with E-state index in [9.17, 15) is 13.6 Å². The lowest BCUT2D eigenvalue weighted by atomic mass is 10.3. The number of imidazole rings is 1. The lowest BCUT2D eigenvalue weighted by Crippen LogP contribution is -2.30. The number of urea groups is 1. The molecule has 0 aliphatic carbocycles. The molecule has 19 heavy (non-hydrogen) atoms. The maximum absolute atomic E-state index is 12.5. The number of aliphatic hydroxyl groups is 1. The Morgan fingerprint density at radius 2 is 2.26 bits per heavy atom. The largest absolute Gasteiger partial charge is 0.395 e. The standard InChI is InChI=1S/C11H12F2N4O2/c12-9(13)10-16-7-2-1-6(5-8(7)17-10)15-11(19)14-3-4-18/h1-2,5,9,18H,3-4H2,(H,16,17)(H2,14,15,19). The van der Waals surface area contributed by atoms with E-state index < -0.39 is 18.3 Å². The molecule has 0 unspecified atom stereocenters. The molecule has 0 aliphatic heterocycles. The van der Waals surface area contributed by atoms with Gasteiger partial charge in [-0.3, -0.25) is 0 Å². The summed E-state index contributed by atoms with van der Waals surface area (Å²) in [7, 11) is 0. The van der Waals surface area contributed by atoms with E-state index in [0.717, 1.165) is 0 Å². The van der Waals surface area contributed by atoms with Gasteiger partial charge in [0.2, 0.25) is 0 Å². The number of anilines is 1. The molecule has 0 saturated carbocycles. The van der Waals surface area contributed by atoms with Gasteiger partial charge in [-0.1, -0.05) is 0 Å². The molecular formula is C11H12F2N4O2. The molecule has 2 amide bonds. The van der Waals surface area contributed by atoms with E-state index in [0.29, 0.717) is 16.7 Å². The number of carbonyl (C=O) groups excluding carboxylic acids is 1. The van der Waals surface area contributed by atoms with E-state index in [-0.39, 0.29) is 13.2 Å². The molecule has 0 saturated heterocycles. The first-order valence-corrected chi connectivity index (χ1v) is 5.53. The minimum absolute atomic E-state index is 0.133. The van der Waals surface area contributed by atoms with Gasteiger partial charge in [0.05, 0.1) is 17.6 Å². The molecule has 0 radical (unpaired) electrons. The van der Waals surface area contributed by atoms with Crippen molar-refractivity contribution >= 4 is 22.8 Å². The van der Waals surface area contributed by atoms with E-state index >= 15 is 0 Å². The van der Waals surface area contributed by atoms with Crippen LogP contribution in [0.5, 0.6) is 0 Å². The quantitative estimate of drug-likeness (QED) is 0.680. The van der Waals surface area contributed by atoms with Gasteiger partial charge in [0, 0.05) is 12.2 Å². The number of carbonyl (C=O) groups is 1. The van der Waals surface area contributed by atoms with Crippen molar-refractivity contribution in [2.75, 3.05) is 18.5 Å². The van der Waals surface area contributed by atoms with Crippen molar-refractivity contribution in [1.82, 2.24) is 15.3 Å². The molecule has 0 bridgehead atoms. The molecule has 0 spiro atoms. The number of nitrogens with zero attached hydrogens (tertiary/aromatic N) is 1. The Kier molecular flexibility index (Phi) is 3.91. The van der Waals surface area contributed by atoms with Crippen LogP contribution in [0.3, 0.4) is 0 Å². The lowest BCUT2D eigenvalue weighted by molar-refractivity contribution is 0.142. The second kappa shape index (κ2) is 5.61. The minimum atomic E-state index is -2.67. The van der Waals surface area contributed by atoms with E-state index in [1.807, 2.05) is 0 Å². The Labute approximate surface area is 106 Å². The second-order valence-electron chi connectivity index (χ2n) is 3.76. The van der Waals surface area contributed by atoms with Crippen molar-refractivity contribution in [3.8, 4) is 0 Å². The maximum Gasteiger partial charge on any atom is 0.319 e. The number of fused-ring (bicyclic) bond motifs is 1. The van der Waals surface area contributed by atoms with Crippen LogP contribution in [0.4, 0.5) is 19.3 Å². The van der Waals surface area contributed by atoms with Crippen LogP contribution in [0.25, 0.3) is 11.0 Å². The zero-order valence-corrected chi connectivity index (χ0v) is 9.78. The highest BCUT2D eigenvalue weighted by molar-refractivity contribution is 5.91. The number of nitrogens with one attached hydrogen (secondary N) is 3. The Morgan fingerprint density at radius 3 is 2.95 bits per heavy atom. The van der Waals surface area contributed by atoms with Gasteiger partial charge in [0.25, 0.3) is 6.43 Å². The zero-order chi connectivity index (χ0) is 13.8. The summed E-state index contributed by atoms with van der Waals surface area (Å²) in [5.41, 5.74) is 1.25. The molecule has 2 aromatic rings. The van der Waals surface area contributed by atoms with E-state index in [2.05, 4.69) is 20.6 Å². The van der Waals surface area contributed by atoms with Crippen LogP contribution in [0, 0.1) is 0 Å². The van der Waals surface area contributed by atoms with Gasteiger partial charge < -0.3 is 20.7 Å². The van der Waals surface area contributed by atoms with Crippen LogP contribution in [0.1, 0.15) is 12.2 Å². The number of hydrogen-bond acceptors (Lipinski definition) is 3. The van der Waals surface area contributed by atoms with Crippen LogP contribution in [0.15, 0.2) is 18.2 Å². The molecule has 6 nitrogen and oxygen atoms in total. The van der Waals surface area contributed by atoms with Crippen molar-refractivity contribution in [3.63, 3.8) is 0 Å². The van der Waals surface area contributed by atoms with Crippen LogP contribution >= 0.6 is 0 Å². The van der Waals surface area contributed by atoms with Gasteiger partial charge in [-0.15, -0.1) is 0 Å². The number of benzene rings is 1. The minimum Gasteiger partial charge on any atom is -0.395 e. The maximum atomic E-state index is 12.5. The highest BCUT2D eigenvalue weighted by atomic mass is 19.3. The van der Waals surface area contributed by atoms with Gasteiger partial charge >= 0.3 is 6.03 Å². The fraction of sp³-hybridized carbons (Fsp3) is 0.273. The summed E-state index contributed by atoms with van der Waals surface area (Å²) >= 11 is 0. The van der Waals surface area contributed by atoms with Crippen LogP contribution in [-0.2, 0) is 0 Å². The Bertz CT molecular complexity index is 585. The normalized spacial score (nSPS) is 10.9. The number of amides is 2. The number of aromatic nitrogens is 2. The summed E-state index contributed by atoms with van der Waals surface area (Å²) in [6.07, 6.45) is -2.67. The molecule has 0 aliphatic rings. The van der Waals surface area contributed by atoms with Crippen molar-refractivity contribution in [2.45, 2.75) is 6.43 Å². The number of H-pyrrole nitrogens is 1. The van der Waals surface area contributed by atoms with Crippen molar-refractivity contribution in [1.29, 1.82) is 0 Å². The summed E-state index contributed by atoms with van der Waals surface area (Å²) in [6.45, 7) is -0.0293. The predicted molar refractivity (Wildman–Crippen MR) is 65.2 cm³/mol. The van der Waals surface area contributed by atoms with Gasteiger partial charge in [0.1, 0.15) is 0 Å². The molecule has 1 aromatic heterocycles. The number of aromatic amines is 1. The third kappa shape index (κ3) is 3.16. The number of rotatable bonds is 4. The number of halogens is 2. The van der Waals surface area contributed by atoms with Gasteiger partial charge in [0.15, 0.2) is 5.82 Å². The first kappa shape index (κ1) is 13.2. The molecule has 1 aromatic carbocycles. The Balaban J connectivity index is 2.14. The molecule has 102 valence electrons. The van der Waals surface area contributed by atoms with Gasteiger partial charge in [-0.05, 0) is 18.2 Å². The first-order chi connectivity index (χ1) is 9.10. The molecule has 4 N–H and O–H groups in total. The monoisotopic (exact) mass is 270 g/mol. The summed E-state index contributed by atoms with van der Waals surface area (Å²) in [5, 5.41) is 13.5. The smallest absolute Gasteiger partial charge is 0.319 e. The van der Waals surface area contributed by atoms with E-state index in [1.54, 1.807) is 6.07 Å². The van der Waals surface area contributed by atoms with Crippen LogP contribution < -0.4 is 10.6 Å². The molecule has 8 heteroatoms. The summed E-state index contributed by atoms with van der Waals surface area (Å²) in [4.78, 5) is 17.5. The highest BCUT2D eigenvalue weighted by Crippen LogP contribution is 2.22. The van der Waals surface area contributed by atoms with E-state index in [1.165, 1.54) is 12.1 Å². The highest BCUT2D eigenvalue weighted by Gasteiger charge is 2.12. The fourth-order valence-electron chi connectivity index (χ4n) is 1.56. The molecule has 0 atom stereocenters. The fourth-order valence-corrected chi connectivity index (χ4v) is 1.56. The number of hydrogen-bond donors (Lipinski definition) is 4. The Morgan fingerprint density at radius 1 is 1.47 bits per heavy atom. The summed E-state index contributed by atoms with van der Waals surface area (Å²) in [6, 6.07) is 4.10. The van der Waals surface area contributed by atoms with E-state index in [4.69, 9.17) is 5.11 Å². The molecule has 0 fully saturated rings. The molecule has 2 rings (SSSR count). The summed E-state index contributed by atoms with van der Waals surface area (Å²) < 4.78 is 24.9.